The van der Waals surface area contributed by atoms with Crippen molar-refractivity contribution in [2.45, 2.75) is 26.0 Å². The molecule has 1 N–H and O–H groups in total. The van der Waals surface area contributed by atoms with Crippen molar-refractivity contribution in [3.63, 3.8) is 0 Å². The number of aliphatic hydroxyl groups is 1. The second-order valence-corrected chi connectivity index (χ2v) is 4.55. The molecule has 1 heterocycles. The Balaban J connectivity index is 2.23. The first-order valence-corrected chi connectivity index (χ1v) is 5.78. The van der Waals surface area contributed by atoms with Crippen LogP contribution in [0.15, 0.2) is 0 Å². The highest BCUT2D eigenvalue weighted by atomic mass is 16.5. The molecule has 0 amide bonds. The van der Waals surface area contributed by atoms with E-state index in [4.69, 9.17) is 4.74 Å². The van der Waals surface area contributed by atoms with Crippen molar-refractivity contribution in [3.05, 3.63) is 0 Å². The Morgan fingerprint density at radius 1 is 1.33 bits per heavy atom. The zero-order valence-corrected chi connectivity index (χ0v) is 10.1. The smallest absolute Gasteiger partial charge is 0.0639 e. The second-order valence-electron chi connectivity index (χ2n) is 4.55. The molecule has 0 aliphatic carbocycles. The fourth-order valence-electron chi connectivity index (χ4n) is 1.89. The Morgan fingerprint density at radius 3 is 2.47 bits per heavy atom. The molecule has 0 aromatic carbocycles. The molecule has 1 saturated heterocycles. The number of aliphatic hydroxyl groups excluding tert-OH is 1. The first-order valence-electron chi connectivity index (χ1n) is 5.78. The fourth-order valence-corrected chi connectivity index (χ4v) is 1.89. The molecule has 4 nitrogen and oxygen atoms in total. The van der Waals surface area contributed by atoms with Crippen LogP contribution >= 0.6 is 0 Å². The molecule has 0 spiro atoms. The molecular formula is C11H24N2O2. The van der Waals surface area contributed by atoms with Crippen LogP contribution in [0.4, 0.5) is 0 Å². The van der Waals surface area contributed by atoms with Crippen LogP contribution in [-0.2, 0) is 4.74 Å². The van der Waals surface area contributed by atoms with Crippen LogP contribution in [0.2, 0.25) is 0 Å². The van der Waals surface area contributed by atoms with Gasteiger partial charge in [-0.2, -0.15) is 0 Å². The van der Waals surface area contributed by atoms with Crippen molar-refractivity contribution < 1.29 is 9.84 Å². The van der Waals surface area contributed by atoms with Crippen molar-refractivity contribution in [2.24, 2.45) is 0 Å². The molecule has 1 rings (SSSR count). The Bertz CT molecular complexity index is 170. The monoisotopic (exact) mass is 216 g/mol. The molecule has 2 atom stereocenters. The van der Waals surface area contributed by atoms with Crippen LogP contribution in [0.3, 0.4) is 0 Å². The van der Waals surface area contributed by atoms with Gasteiger partial charge in [0.15, 0.2) is 0 Å². The van der Waals surface area contributed by atoms with Crippen molar-refractivity contribution in [3.8, 4) is 0 Å². The molecule has 1 aliphatic heterocycles. The van der Waals surface area contributed by atoms with Gasteiger partial charge in [-0.25, -0.2) is 0 Å². The number of ether oxygens (including phenoxy) is 1. The lowest BCUT2D eigenvalue weighted by Gasteiger charge is -2.33. The third-order valence-electron chi connectivity index (χ3n) is 2.93. The summed E-state index contributed by atoms with van der Waals surface area (Å²) in [6.45, 7) is 9.62. The Labute approximate surface area is 92.8 Å². The molecule has 1 fully saturated rings. The minimum absolute atomic E-state index is 0.248. The number of hydrogen-bond donors (Lipinski definition) is 1. The van der Waals surface area contributed by atoms with E-state index in [2.05, 4.69) is 23.8 Å². The largest absolute Gasteiger partial charge is 0.392 e. The van der Waals surface area contributed by atoms with Crippen molar-refractivity contribution in [1.29, 1.82) is 0 Å². The minimum atomic E-state index is -0.248. The maximum atomic E-state index is 9.30. The van der Waals surface area contributed by atoms with E-state index in [-0.39, 0.29) is 6.10 Å². The SMILES string of the molecule is CC(O)CN(C)C(C)CN1CCOCC1. The molecule has 0 bridgehead atoms. The minimum Gasteiger partial charge on any atom is -0.392 e. The van der Waals surface area contributed by atoms with Gasteiger partial charge in [0.05, 0.1) is 19.3 Å². The first-order chi connectivity index (χ1) is 7.09. The third-order valence-corrected chi connectivity index (χ3v) is 2.93. The molecule has 0 aromatic heterocycles. The fraction of sp³-hybridized carbons (Fsp3) is 1.00. The van der Waals surface area contributed by atoms with Crippen molar-refractivity contribution in [1.82, 2.24) is 9.80 Å². The first kappa shape index (κ1) is 12.9. The molecule has 0 aromatic rings. The van der Waals surface area contributed by atoms with Crippen LogP contribution < -0.4 is 0 Å². The number of likely N-dealkylation sites (N-methyl/N-ethyl adjacent to an activating group) is 1. The summed E-state index contributed by atoms with van der Waals surface area (Å²) in [5, 5.41) is 9.30. The van der Waals surface area contributed by atoms with Gasteiger partial charge in [-0.05, 0) is 20.9 Å². The van der Waals surface area contributed by atoms with Gasteiger partial charge in [0.1, 0.15) is 0 Å². The summed E-state index contributed by atoms with van der Waals surface area (Å²) in [6, 6.07) is 0.484. The molecular weight excluding hydrogens is 192 g/mol. The van der Waals surface area contributed by atoms with Gasteiger partial charge >= 0.3 is 0 Å². The van der Waals surface area contributed by atoms with Crippen LogP contribution in [-0.4, -0.2) is 73.5 Å². The molecule has 90 valence electrons. The quantitative estimate of drug-likeness (QED) is 0.703. The van der Waals surface area contributed by atoms with Crippen molar-refractivity contribution in [2.75, 3.05) is 46.4 Å². The topological polar surface area (TPSA) is 35.9 Å². The summed E-state index contributed by atoms with van der Waals surface area (Å²) in [4.78, 5) is 4.63. The summed E-state index contributed by atoms with van der Waals surface area (Å²) in [5.74, 6) is 0. The van der Waals surface area contributed by atoms with E-state index in [0.717, 1.165) is 39.4 Å². The lowest BCUT2D eigenvalue weighted by Crippen LogP contribution is -2.46. The molecule has 1 aliphatic rings. The van der Waals surface area contributed by atoms with Crippen LogP contribution in [0, 0.1) is 0 Å². The van der Waals surface area contributed by atoms with Gasteiger partial charge in [-0.1, -0.05) is 0 Å². The number of rotatable bonds is 5. The standard InChI is InChI=1S/C11H24N2O2/c1-10(12(3)9-11(2)14)8-13-4-6-15-7-5-13/h10-11,14H,4-9H2,1-3H3. The molecule has 2 unspecified atom stereocenters. The summed E-state index contributed by atoms with van der Waals surface area (Å²) in [7, 11) is 2.07. The molecule has 0 saturated carbocycles. The normalized spacial score (nSPS) is 23.0. The lowest BCUT2D eigenvalue weighted by molar-refractivity contribution is 0.0229. The average Bonchev–Trinajstić information content (AvgIpc) is 2.18. The van der Waals surface area contributed by atoms with Crippen LogP contribution in [0.1, 0.15) is 13.8 Å². The van der Waals surface area contributed by atoms with Gasteiger partial charge in [0.2, 0.25) is 0 Å². The van der Waals surface area contributed by atoms with Gasteiger partial charge in [-0.3, -0.25) is 9.80 Å². The van der Waals surface area contributed by atoms with Gasteiger partial charge < -0.3 is 9.84 Å². The highest BCUT2D eigenvalue weighted by molar-refractivity contribution is 4.72. The summed E-state index contributed by atoms with van der Waals surface area (Å²) >= 11 is 0. The maximum Gasteiger partial charge on any atom is 0.0639 e. The lowest BCUT2D eigenvalue weighted by atomic mass is 10.2. The Hall–Kier alpha value is -0.160. The predicted octanol–water partition coefficient (Wildman–Crippen LogP) is 0.0197. The zero-order chi connectivity index (χ0) is 11.3. The van der Waals surface area contributed by atoms with E-state index >= 15 is 0 Å². The second kappa shape index (κ2) is 6.43. The van der Waals surface area contributed by atoms with Gasteiger partial charge in [0, 0.05) is 32.2 Å². The Morgan fingerprint density at radius 2 is 1.93 bits per heavy atom. The number of nitrogens with zero attached hydrogens (tertiary/aromatic N) is 2. The van der Waals surface area contributed by atoms with E-state index in [1.807, 2.05) is 6.92 Å². The van der Waals surface area contributed by atoms with Crippen LogP contribution in [0.5, 0.6) is 0 Å². The number of hydrogen-bond acceptors (Lipinski definition) is 4. The van der Waals surface area contributed by atoms with E-state index in [9.17, 15) is 5.11 Å². The summed E-state index contributed by atoms with van der Waals surface area (Å²) < 4.78 is 5.31. The third kappa shape index (κ3) is 4.93. The van der Waals surface area contributed by atoms with E-state index in [1.165, 1.54) is 0 Å². The van der Waals surface area contributed by atoms with Crippen LogP contribution in [0.25, 0.3) is 0 Å². The average molecular weight is 216 g/mol. The van der Waals surface area contributed by atoms with Gasteiger partial charge in [0.25, 0.3) is 0 Å². The van der Waals surface area contributed by atoms with E-state index in [1.54, 1.807) is 0 Å². The Kier molecular flexibility index (Phi) is 5.53. The summed E-state index contributed by atoms with van der Waals surface area (Å²) in [6.07, 6.45) is -0.248. The zero-order valence-electron chi connectivity index (χ0n) is 10.1. The highest BCUT2D eigenvalue weighted by Crippen LogP contribution is 2.03. The predicted molar refractivity (Wildman–Crippen MR) is 61.0 cm³/mol. The van der Waals surface area contributed by atoms with Crippen molar-refractivity contribution >= 4 is 0 Å². The summed E-state index contributed by atoms with van der Waals surface area (Å²) in [5.41, 5.74) is 0. The molecule has 15 heavy (non-hydrogen) atoms. The highest BCUT2D eigenvalue weighted by Gasteiger charge is 2.17. The maximum absolute atomic E-state index is 9.30. The van der Waals surface area contributed by atoms with Gasteiger partial charge in [-0.15, -0.1) is 0 Å². The number of morpholine rings is 1. The van der Waals surface area contributed by atoms with E-state index < -0.39 is 0 Å². The van der Waals surface area contributed by atoms with E-state index in [0.29, 0.717) is 6.04 Å². The molecule has 0 radical (unpaired) electrons. The molecule has 4 heteroatoms.